The molecule has 46 heavy (non-hydrogen) atoms. The van der Waals surface area contributed by atoms with Crippen LogP contribution in [-0.2, 0) is 41.9 Å². The summed E-state index contributed by atoms with van der Waals surface area (Å²) in [7, 11) is -2.13. The van der Waals surface area contributed by atoms with E-state index < -0.39 is 13.7 Å². The number of rotatable bonds is 7. The summed E-state index contributed by atoms with van der Waals surface area (Å²) in [5.74, 6) is -0.424. The monoisotopic (exact) mass is 639 g/mol. The average Bonchev–Trinajstić information content (AvgIpc) is 3.54. The molecule has 0 spiro atoms. The van der Waals surface area contributed by atoms with Crippen molar-refractivity contribution in [2.45, 2.75) is 96.6 Å². The number of para-hydroxylation sites is 1. The van der Waals surface area contributed by atoms with Gasteiger partial charge >= 0.3 is 11.9 Å². The second kappa shape index (κ2) is 11.7. The number of carbonyl (C=O) groups is 2. The van der Waals surface area contributed by atoms with Gasteiger partial charge in [0.05, 0.1) is 5.57 Å². The smallest absolute Gasteiger partial charge is 0.336 e. The first-order valence-corrected chi connectivity index (χ1v) is 19.6. The molecule has 0 amide bonds. The maximum atomic E-state index is 14.4. The highest BCUT2D eigenvalue weighted by atomic mass is 28.4. The van der Waals surface area contributed by atoms with Gasteiger partial charge in [-0.25, -0.2) is 4.79 Å². The van der Waals surface area contributed by atoms with E-state index in [1.54, 1.807) is 0 Å². The van der Waals surface area contributed by atoms with E-state index in [2.05, 4.69) is 83.6 Å². The number of hydrogen-bond donors (Lipinski definition) is 1. The molecule has 7 heteroatoms. The zero-order valence-corrected chi connectivity index (χ0v) is 29.5. The number of H-pyrrole nitrogens is 1. The molecule has 1 aromatic heterocycles. The number of ether oxygens (including phenoxy) is 2. The van der Waals surface area contributed by atoms with Crippen molar-refractivity contribution >= 4 is 31.2 Å². The molecule has 2 fully saturated rings. The number of nitrogens with one attached hydrogen (secondary N) is 1. The van der Waals surface area contributed by atoms with E-state index >= 15 is 0 Å². The topological polar surface area (TPSA) is 77.6 Å². The van der Waals surface area contributed by atoms with Gasteiger partial charge in [-0.2, -0.15) is 0 Å². The molecule has 6 nitrogen and oxygen atoms in total. The maximum Gasteiger partial charge on any atom is 0.336 e. The van der Waals surface area contributed by atoms with Crippen molar-refractivity contribution in [3.63, 3.8) is 0 Å². The molecule has 1 saturated heterocycles. The number of carbonyl (C=O) groups excluding carboxylic acids is 2. The van der Waals surface area contributed by atoms with Crippen LogP contribution >= 0.6 is 0 Å². The maximum absolute atomic E-state index is 14.4. The lowest BCUT2D eigenvalue weighted by molar-refractivity contribution is -0.159. The van der Waals surface area contributed by atoms with Crippen LogP contribution in [0.4, 0.5) is 0 Å². The third-order valence-corrected chi connectivity index (χ3v) is 16.3. The Balaban J connectivity index is 1.38. The Labute approximate surface area is 274 Å². The summed E-state index contributed by atoms with van der Waals surface area (Å²) >= 11 is 0. The Hall–Kier alpha value is -3.42. The zero-order valence-electron chi connectivity index (χ0n) is 28.5. The Morgan fingerprint density at radius 1 is 1.11 bits per heavy atom. The Morgan fingerprint density at radius 3 is 2.52 bits per heavy atom. The molecule has 2 heterocycles. The lowest BCUT2D eigenvalue weighted by Gasteiger charge is -2.57. The van der Waals surface area contributed by atoms with Gasteiger partial charge in [-0.05, 0) is 85.2 Å². The van der Waals surface area contributed by atoms with Crippen LogP contribution < -0.4 is 0 Å². The summed E-state index contributed by atoms with van der Waals surface area (Å²) in [6.45, 7) is 20.5. The highest BCUT2D eigenvalue weighted by molar-refractivity contribution is 6.74. The van der Waals surface area contributed by atoms with E-state index in [0.29, 0.717) is 12.0 Å². The number of fused-ring (bicyclic) bond motifs is 4. The molecule has 3 aromatic rings. The van der Waals surface area contributed by atoms with E-state index in [1.165, 1.54) is 11.1 Å². The lowest BCUT2D eigenvalue weighted by atomic mass is 9.46. The molecule has 3 aliphatic rings. The van der Waals surface area contributed by atoms with Gasteiger partial charge in [0.25, 0.3) is 0 Å². The third-order valence-electron chi connectivity index (χ3n) is 11.8. The summed E-state index contributed by atoms with van der Waals surface area (Å²) in [6.07, 6.45) is 4.80. The van der Waals surface area contributed by atoms with E-state index in [1.807, 2.05) is 36.4 Å². The average molecular weight is 640 g/mol. The van der Waals surface area contributed by atoms with Crippen molar-refractivity contribution in [3.8, 4) is 0 Å². The number of cyclic esters (lactones) is 1. The van der Waals surface area contributed by atoms with Gasteiger partial charge in [-0.1, -0.05) is 94.5 Å². The fraction of sp³-hybridized carbons (Fsp3) is 0.487. The molecule has 1 aliphatic heterocycles. The Bertz CT molecular complexity index is 1700. The molecule has 0 bridgehead atoms. The van der Waals surface area contributed by atoms with Gasteiger partial charge in [0.15, 0.2) is 8.32 Å². The first kappa shape index (κ1) is 32.5. The molecule has 1 saturated carbocycles. The summed E-state index contributed by atoms with van der Waals surface area (Å²) in [6, 6.07) is 18.2. The van der Waals surface area contributed by atoms with Crippen molar-refractivity contribution < 1.29 is 23.5 Å². The van der Waals surface area contributed by atoms with Crippen molar-refractivity contribution in [3.05, 3.63) is 95.2 Å². The number of allylic oxidation sites excluding steroid dienone is 2. The van der Waals surface area contributed by atoms with Crippen LogP contribution in [0.3, 0.4) is 0 Å². The summed E-state index contributed by atoms with van der Waals surface area (Å²) in [5, 5.41) is 1.16. The molecule has 0 radical (unpaired) electrons. The highest BCUT2D eigenvalue weighted by Crippen LogP contribution is 2.62. The largest absolute Gasteiger partial charge is 0.460 e. The van der Waals surface area contributed by atoms with Gasteiger partial charge in [-0.3, -0.25) is 4.79 Å². The molecular weight excluding hydrogens is 591 g/mol. The molecule has 5 atom stereocenters. The molecule has 2 aliphatic carbocycles. The molecule has 6 rings (SSSR count). The summed E-state index contributed by atoms with van der Waals surface area (Å²) in [4.78, 5) is 31.2. The van der Waals surface area contributed by atoms with Gasteiger partial charge in [0.1, 0.15) is 24.7 Å². The van der Waals surface area contributed by atoms with Crippen LogP contribution in [0.25, 0.3) is 10.9 Å². The van der Waals surface area contributed by atoms with Crippen LogP contribution in [0.2, 0.25) is 18.1 Å². The predicted octanol–water partition coefficient (Wildman–Crippen LogP) is 8.58. The molecule has 2 aromatic carbocycles. The molecule has 0 unspecified atom stereocenters. The number of aromatic nitrogens is 1. The number of benzene rings is 2. The van der Waals surface area contributed by atoms with Crippen LogP contribution in [0.15, 0.2) is 78.4 Å². The van der Waals surface area contributed by atoms with Crippen molar-refractivity contribution in [1.29, 1.82) is 0 Å². The first-order chi connectivity index (χ1) is 21.7. The minimum Gasteiger partial charge on any atom is -0.460 e. The van der Waals surface area contributed by atoms with E-state index in [0.717, 1.165) is 41.4 Å². The zero-order chi connectivity index (χ0) is 33.1. The van der Waals surface area contributed by atoms with Gasteiger partial charge in [-0.15, -0.1) is 0 Å². The minimum atomic E-state index is -2.13. The van der Waals surface area contributed by atoms with E-state index in [9.17, 15) is 9.59 Å². The summed E-state index contributed by atoms with van der Waals surface area (Å²) < 4.78 is 18.4. The highest BCUT2D eigenvalue weighted by Gasteiger charge is 2.61. The Morgan fingerprint density at radius 2 is 1.80 bits per heavy atom. The van der Waals surface area contributed by atoms with Gasteiger partial charge < -0.3 is 18.9 Å². The number of hydrogen-bond acceptors (Lipinski definition) is 5. The van der Waals surface area contributed by atoms with Crippen LogP contribution in [0.5, 0.6) is 0 Å². The number of esters is 2. The predicted molar refractivity (Wildman–Crippen MR) is 185 cm³/mol. The van der Waals surface area contributed by atoms with Crippen molar-refractivity contribution in [2.75, 3.05) is 6.61 Å². The van der Waals surface area contributed by atoms with E-state index in [4.69, 9.17) is 13.9 Å². The quantitative estimate of drug-likeness (QED) is 0.121. The van der Waals surface area contributed by atoms with Crippen LogP contribution in [-0.4, -0.2) is 38.0 Å². The fourth-order valence-corrected chi connectivity index (χ4v) is 9.48. The summed E-state index contributed by atoms with van der Waals surface area (Å²) in [5.41, 5.74) is 4.76. The second-order valence-electron chi connectivity index (χ2n) is 15.6. The number of aromatic amines is 1. The van der Waals surface area contributed by atoms with E-state index in [-0.39, 0.29) is 53.5 Å². The standard InChI is InChI=1S/C39H49NO5Si/c1-25-18-21-33-38(5,30(25)20-19-28-32(24-43-35(28)41)45-46(7,8)37(2,3)4)22-29-27-16-12-13-17-31(27)40-34(29)39(33,6)36(42)44-23-26-14-10-9-11-15-26/h9-17,19,30,32-33,40H,1,18,20-24H2,2-8H3/b28-19+/t30-,32-,33+,38+,39+/m1/s1. The molecule has 244 valence electrons. The van der Waals surface area contributed by atoms with Crippen LogP contribution in [0, 0.1) is 17.3 Å². The van der Waals surface area contributed by atoms with Gasteiger partial charge in [0.2, 0.25) is 0 Å². The SMILES string of the molecule is C=C1CC[C@H]2[C@@](C)(Cc3c([nH]c4ccccc34)[C@@]2(C)C(=O)OCc2ccccc2)[C@@H]1C/C=C1/C(=O)OC[C@H]1O[Si](C)(C)C(C)(C)C. The first-order valence-electron chi connectivity index (χ1n) is 16.7. The van der Waals surface area contributed by atoms with Crippen molar-refractivity contribution in [1.82, 2.24) is 4.98 Å². The molecular formula is C39H49NO5Si. The Kier molecular flexibility index (Phi) is 8.25. The van der Waals surface area contributed by atoms with Gasteiger partial charge in [0, 0.05) is 16.6 Å². The lowest BCUT2D eigenvalue weighted by Crippen LogP contribution is -2.57. The van der Waals surface area contributed by atoms with Crippen molar-refractivity contribution in [2.24, 2.45) is 17.3 Å². The van der Waals surface area contributed by atoms with Crippen LogP contribution in [0.1, 0.15) is 70.7 Å². The third kappa shape index (κ3) is 5.39. The fourth-order valence-electron chi connectivity index (χ4n) is 8.22. The normalized spacial score (nSPS) is 29.0. The minimum absolute atomic E-state index is 0.00698. The molecule has 1 N–H and O–H groups in total. The second-order valence-corrected chi connectivity index (χ2v) is 20.4.